The van der Waals surface area contributed by atoms with Gasteiger partial charge in [-0.25, -0.2) is 0 Å². The fraction of sp³-hybridized carbons (Fsp3) is 0.750. The van der Waals surface area contributed by atoms with E-state index in [1.165, 1.54) is 5.57 Å². The van der Waals surface area contributed by atoms with E-state index in [4.69, 9.17) is 10.8 Å². The second-order valence-corrected chi connectivity index (χ2v) is 3.09. The highest BCUT2D eigenvalue weighted by atomic mass is 16.3. The molecule has 0 aromatic heterocycles. The maximum atomic E-state index is 8.57. The number of nitrogens with two attached hydrogens (primary N) is 1. The number of rotatable bonds is 3. The van der Waals surface area contributed by atoms with Crippen LogP contribution in [0.25, 0.3) is 0 Å². The summed E-state index contributed by atoms with van der Waals surface area (Å²) in [5.41, 5.74) is 7.05. The normalized spacial score (nSPS) is 22.4. The summed E-state index contributed by atoms with van der Waals surface area (Å²) in [6.07, 6.45) is 2.88. The zero-order valence-corrected chi connectivity index (χ0v) is 6.21. The summed E-state index contributed by atoms with van der Waals surface area (Å²) in [7, 11) is 0. The Morgan fingerprint density at radius 2 is 2.30 bits per heavy atom. The Labute approximate surface area is 61.7 Å². The molecule has 0 saturated heterocycles. The van der Waals surface area contributed by atoms with Crippen LogP contribution < -0.4 is 5.73 Å². The standard InChI is InChI=1S/C8H15NO/c1-6-4-7(5-6)8(9)2-3-10/h7-8,10H,1-5,9H2. The van der Waals surface area contributed by atoms with Crippen molar-refractivity contribution in [2.45, 2.75) is 25.3 Å². The molecule has 58 valence electrons. The molecule has 0 heterocycles. The predicted octanol–water partition coefficient (Wildman–Crippen LogP) is 0.662. The first-order chi connectivity index (χ1) is 4.74. The molecule has 0 aromatic carbocycles. The highest BCUT2D eigenvalue weighted by Gasteiger charge is 2.26. The third-order valence-electron chi connectivity index (χ3n) is 2.17. The molecule has 0 radical (unpaired) electrons. The monoisotopic (exact) mass is 141 g/mol. The molecule has 1 aliphatic rings. The molecule has 2 nitrogen and oxygen atoms in total. The first kappa shape index (κ1) is 7.76. The van der Waals surface area contributed by atoms with Gasteiger partial charge in [0.2, 0.25) is 0 Å². The average molecular weight is 141 g/mol. The van der Waals surface area contributed by atoms with Gasteiger partial charge in [-0.1, -0.05) is 12.2 Å². The summed E-state index contributed by atoms with van der Waals surface area (Å²) in [5, 5.41) is 8.57. The lowest BCUT2D eigenvalue weighted by Gasteiger charge is -2.33. The van der Waals surface area contributed by atoms with Gasteiger partial charge in [-0.05, 0) is 25.2 Å². The Bertz CT molecular complexity index is 125. The van der Waals surface area contributed by atoms with Crippen molar-refractivity contribution in [3.63, 3.8) is 0 Å². The minimum atomic E-state index is 0.190. The van der Waals surface area contributed by atoms with E-state index < -0.39 is 0 Å². The van der Waals surface area contributed by atoms with Gasteiger partial charge >= 0.3 is 0 Å². The fourth-order valence-corrected chi connectivity index (χ4v) is 1.37. The zero-order valence-electron chi connectivity index (χ0n) is 6.21. The van der Waals surface area contributed by atoms with Gasteiger partial charge < -0.3 is 10.8 Å². The molecule has 3 N–H and O–H groups in total. The molecule has 1 unspecified atom stereocenters. The Kier molecular flexibility index (Phi) is 2.46. The minimum absolute atomic E-state index is 0.190. The van der Waals surface area contributed by atoms with E-state index >= 15 is 0 Å². The lowest BCUT2D eigenvalue weighted by Crippen LogP contribution is -2.36. The second kappa shape index (κ2) is 3.17. The molecule has 1 atom stereocenters. The summed E-state index contributed by atoms with van der Waals surface area (Å²) in [6.45, 7) is 4.05. The minimum Gasteiger partial charge on any atom is -0.396 e. The average Bonchev–Trinajstić information content (AvgIpc) is 1.82. The van der Waals surface area contributed by atoms with Gasteiger partial charge in [0.05, 0.1) is 0 Å². The Balaban J connectivity index is 2.17. The van der Waals surface area contributed by atoms with Crippen LogP contribution in [0.2, 0.25) is 0 Å². The number of aliphatic hydroxyl groups excluding tert-OH is 1. The van der Waals surface area contributed by atoms with Gasteiger partial charge in [0.15, 0.2) is 0 Å². The van der Waals surface area contributed by atoms with Crippen LogP contribution in [0.3, 0.4) is 0 Å². The van der Waals surface area contributed by atoms with Crippen molar-refractivity contribution in [1.29, 1.82) is 0 Å². The first-order valence-corrected chi connectivity index (χ1v) is 3.77. The van der Waals surface area contributed by atoms with Crippen LogP contribution in [-0.4, -0.2) is 17.8 Å². The number of aliphatic hydroxyl groups is 1. The highest BCUT2D eigenvalue weighted by Crippen LogP contribution is 2.33. The van der Waals surface area contributed by atoms with Crippen LogP contribution in [-0.2, 0) is 0 Å². The quantitative estimate of drug-likeness (QED) is 0.567. The van der Waals surface area contributed by atoms with Crippen molar-refractivity contribution in [3.8, 4) is 0 Å². The van der Waals surface area contributed by atoms with Gasteiger partial charge in [0.1, 0.15) is 0 Å². The van der Waals surface area contributed by atoms with Gasteiger partial charge in [-0.15, -0.1) is 0 Å². The van der Waals surface area contributed by atoms with Crippen molar-refractivity contribution in [3.05, 3.63) is 12.2 Å². The van der Waals surface area contributed by atoms with Crippen LogP contribution in [0.1, 0.15) is 19.3 Å². The second-order valence-electron chi connectivity index (χ2n) is 3.09. The van der Waals surface area contributed by atoms with Crippen molar-refractivity contribution in [1.82, 2.24) is 0 Å². The lowest BCUT2D eigenvalue weighted by atomic mass is 9.76. The first-order valence-electron chi connectivity index (χ1n) is 3.77. The largest absolute Gasteiger partial charge is 0.396 e. The number of hydrogen-bond acceptors (Lipinski definition) is 2. The van der Waals surface area contributed by atoms with Gasteiger partial charge in [-0.2, -0.15) is 0 Å². The van der Waals surface area contributed by atoms with Crippen LogP contribution >= 0.6 is 0 Å². The Hall–Kier alpha value is -0.340. The van der Waals surface area contributed by atoms with Gasteiger partial charge in [0.25, 0.3) is 0 Å². The van der Waals surface area contributed by atoms with Gasteiger partial charge in [-0.3, -0.25) is 0 Å². The van der Waals surface area contributed by atoms with Crippen LogP contribution in [0.15, 0.2) is 12.2 Å². The SMILES string of the molecule is C=C1CC(C(N)CCO)C1. The van der Waals surface area contributed by atoms with Crippen molar-refractivity contribution in [2.24, 2.45) is 11.7 Å². The van der Waals surface area contributed by atoms with E-state index in [1.807, 2.05) is 0 Å². The van der Waals surface area contributed by atoms with Crippen molar-refractivity contribution in [2.75, 3.05) is 6.61 Å². The summed E-state index contributed by atoms with van der Waals surface area (Å²) >= 11 is 0. The Morgan fingerprint density at radius 1 is 1.70 bits per heavy atom. The molecule has 1 saturated carbocycles. The molecule has 1 fully saturated rings. The third kappa shape index (κ3) is 1.58. The molecule has 0 spiro atoms. The molecule has 1 aliphatic carbocycles. The van der Waals surface area contributed by atoms with E-state index in [1.54, 1.807) is 0 Å². The van der Waals surface area contributed by atoms with Crippen LogP contribution in [0.4, 0.5) is 0 Å². The summed E-state index contributed by atoms with van der Waals surface area (Å²) in [5.74, 6) is 0.597. The molecule has 0 bridgehead atoms. The van der Waals surface area contributed by atoms with E-state index in [2.05, 4.69) is 6.58 Å². The number of allylic oxidation sites excluding steroid dienone is 1. The van der Waals surface area contributed by atoms with E-state index in [0.717, 1.165) is 19.3 Å². The topological polar surface area (TPSA) is 46.2 Å². The lowest BCUT2D eigenvalue weighted by molar-refractivity contribution is 0.238. The summed E-state index contributed by atoms with van der Waals surface area (Å²) in [4.78, 5) is 0. The zero-order chi connectivity index (χ0) is 7.56. The molecule has 10 heavy (non-hydrogen) atoms. The maximum Gasteiger partial charge on any atom is 0.0445 e. The summed E-state index contributed by atoms with van der Waals surface area (Å²) in [6, 6.07) is 0.190. The van der Waals surface area contributed by atoms with E-state index in [0.29, 0.717) is 5.92 Å². The molecular weight excluding hydrogens is 126 g/mol. The van der Waals surface area contributed by atoms with Crippen molar-refractivity contribution >= 4 is 0 Å². The summed E-state index contributed by atoms with van der Waals surface area (Å²) < 4.78 is 0. The molecule has 1 rings (SSSR count). The van der Waals surface area contributed by atoms with E-state index in [9.17, 15) is 0 Å². The smallest absolute Gasteiger partial charge is 0.0445 e. The van der Waals surface area contributed by atoms with Gasteiger partial charge in [0, 0.05) is 12.6 Å². The molecule has 0 aliphatic heterocycles. The highest BCUT2D eigenvalue weighted by molar-refractivity contribution is 5.09. The Morgan fingerprint density at radius 3 is 2.70 bits per heavy atom. The van der Waals surface area contributed by atoms with Crippen LogP contribution in [0, 0.1) is 5.92 Å². The molecule has 0 aromatic rings. The van der Waals surface area contributed by atoms with Crippen LogP contribution in [0.5, 0.6) is 0 Å². The van der Waals surface area contributed by atoms with E-state index in [-0.39, 0.29) is 12.6 Å². The fourth-order valence-electron chi connectivity index (χ4n) is 1.37. The predicted molar refractivity (Wildman–Crippen MR) is 41.5 cm³/mol. The molecule has 2 heteroatoms. The third-order valence-corrected chi connectivity index (χ3v) is 2.17. The molecule has 0 amide bonds. The number of hydrogen-bond donors (Lipinski definition) is 2. The van der Waals surface area contributed by atoms with Crippen molar-refractivity contribution < 1.29 is 5.11 Å². The maximum absolute atomic E-state index is 8.57. The molecular formula is C8H15NO.